The van der Waals surface area contributed by atoms with E-state index in [-0.39, 0.29) is 24.2 Å². The second-order valence-corrected chi connectivity index (χ2v) is 6.34. The number of hydrogen-bond donors (Lipinski definition) is 2. The van der Waals surface area contributed by atoms with E-state index in [2.05, 4.69) is 14.7 Å². The molecule has 1 aromatic heterocycles. The molecule has 1 aromatic rings. The Kier molecular flexibility index (Phi) is 4.41. The van der Waals surface area contributed by atoms with Gasteiger partial charge in [-0.2, -0.15) is 17.7 Å². The smallest absolute Gasteiger partial charge is 0.306 e. The molecule has 2 rings (SSSR count). The van der Waals surface area contributed by atoms with Crippen molar-refractivity contribution >= 4 is 33.6 Å². The van der Waals surface area contributed by atoms with Crippen molar-refractivity contribution in [3.05, 3.63) is 17.5 Å². The van der Waals surface area contributed by atoms with Crippen LogP contribution in [0.2, 0.25) is 5.28 Å². The van der Waals surface area contributed by atoms with Crippen molar-refractivity contribution < 1.29 is 18.3 Å². The number of nitrogens with one attached hydrogen (secondary N) is 1. The number of piperidine rings is 1. The molecule has 0 unspecified atom stereocenters. The predicted molar refractivity (Wildman–Crippen MR) is 71.5 cm³/mol. The highest BCUT2D eigenvalue weighted by Gasteiger charge is 2.31. The standard InChI is InChI=1S/C10H13ClN4O4S/c11-10-12-4-1-8(13-10)14-20(18,19)15-5-2-7(3-6-15)9(16)17/h1,4,7H,2-3,5-6H2,(H,16,17)(H,12,13,14). The molecule has 1 aliphatic rings. The zero-order valence-corrected chi connectivity index (χ0v) is 11.9. The molecule has 2 heterocycles. The lowest BCUT2D eigenvalue weighted by atomic mass is 9.99. The first-order chi connectivity index (χ1) is 9.38. The molecule has 8 nitrogen and oxygen atoms in total. The lowest BCUT2D eigenvalue weighted by Crippen LogP contribution is -2.43. The fraction of sp³-hybridized carbons (Fsp3) is 0.500. The van der Waals surface area contributed by atoms with Crippen LogP contribution in [0.5, 0.6) is 0 Å². The number of carboxylic acid groups (broad SMARTS) is 1. The third-order valence-corrected chi connectivity index (χ3v) is 4.70. The van der Waals surface area contributed by atoms with Gasteiger partial charge in [-0.15, -0.1) is 0 Å². The van der Waals surface area contributed by atoms with Crippen LogP contribution in [0, 0.1) is 5.92 Å². The number of carbonyl (C=O) groups is 1. The van der Waals surface area contributed by atoms with Gasteiger partial charge in [-0.05, 0) is 30.5 Å². The maximum Gasteiger partial charge on any atom is 0.306 e. The van der Waals surface area contributed by atoms with Gasteiger partial charge < -0.3 is 5.11 Å². The first-order valence-corrected chi connectivity index (χ1v) is 7.69. The van der Waals surface area contributed by atoms with Gasteiger partial charge in [0, 0.05) is 19.3 Å². The van der Waals surface area contributed by atoms with Crippen molar-refractivity contribution in [1.29, 1.82) is 0 Å². The highest BCUT2D eigenvalue weighted by Crippen LogP contribution is 2.20. The highest BCUT2D eigenvalue weighted by atomic mass is 35.5. The van der Waals surface area contributed by atoms with E-state index in [1.165, 1.54) is 16.6 Å². The van der Waals surface area contributed by atoms with Crippen LogP contribution in [0.3, 0.4) is 0 Å². The first-order valence-electron chi connectivity index (χ1n) is 5.88. The maximum absolute atomic E-state index is 12.1. The minimum Gasteiger partial charge on any atom is -0.481 e. The summed E-state index contributed by atoms with van der Waals surface area (Å²) in [6, 6.07) is 1.38. The molecule has 0 radical (unpaired) electrons. The Morgan fingerprint density at radius 3 is 2.65 bits per heavy atom. The van der Waals surface area contributed by atoms with E-state index >= 15 is 0 Å². The molecule has 10 heteroatoms. The maximum atomic E-state index is 12.1. The van der Waals surface area contributed by atoms with E-state index < -0.39 is 22.1 Å². The van der Waals surface area contributed by atoms with Crippen molar-refractivity contribution in [2.45, 2.75) is 12.8 Å². The van der Waals surface area contributed by atoms with Gasteiger partial charge in [0.1, 0.15) is 5.82 Å². The van der Waals surface area contributed by atoms with E-state index in [1.807, 2.05) is 0 Å². The van der Waals surface area contributed by atoms with Crippen LogP contribution in [0.15, 0.2) is 12.3 Å². The summed E-state index contributed by atoms with van der Waals surface area (Å²) in [6.45, 7) is 0.316. The van der Waals surface area contributed by atoms with Gasteiger partial charge in [0.2, 0.25) is 5.28 Å². The molecule has 1 aliphatic heterocycles. The molecule has 0 atom stereocenters. The molecule has 0 aromatic carbocycles. The van der Waals surface area contributed by atoms with Gasteiger partial charge >= 0.3 is 16.2 Å². The lowest BCUT2D eigenvalue weighted by Gasteiger charge is -2.29. The van der Waals surface area contributed by atoms with Crippen LogP contribution in [0.25, 0.3) is 0 Å². The van der Waals surface area contributed by atoms with Crippen molar-refractivity contribution in [2.24, 2.45) is 5.92 Å². The second kappa shape index (κ2) is 5.90. The van der Waals surface area contributed by atoms with E-state index in [0.717, 1.165) is 0 Å². The van der Waals surface area contributed by atoms with Crippen molar-refractivity contribution in [1.82, 2.24) is 14.3 Å². The molecule has 0 saturated carbocycles. The predicted octanol–water partition coefficient (Wildman–Crippen LogP) is 0.583. The highest BCUT2D eigenvalue weighted by molar-refractivity contribution is 7.90. The third kappa shape index (κ3) is 3.56. The van der Waals surface area contributed by atoms with Gasteiger partial charge in [-0.1, -0.05) is 0 Å². The van der Waals surface area contributed by atoms with E-state index in [0.29, 0.717) is 12.8 Å². The molecule has 0 spiro atoms. The number of aliphatic carboxylic acids is 1. The van der Waals surface area contributed by atoms with E-state index in [4.69, 9.17) is 16.7 Å². The number of anilines is 1. The molecule has 0 amide bonds. The first kappa shape index (κ1) is 14.9. The minimum absolute atomic E-state index is 0.0604. The summed E-state index contributed by atoms with van der Waals surface area (Å²) in [7, 11) is -3.76. The van der Waals surface area contributed by atoms with Crippen LogP contribution >= 0.6 is 11.6 Å². The summed E-state index contributed by atoms with van der Waals surface area (Å²) >= 11 is 5.58. The Morgan fingerprint density at radius 2 is 2.10 bits per heavy atom. The minimum atomic E-state index is -3.76. The summed E-state index contributed by atoms with van der Waals surface area (Å²) in [4.78, 5) is 18.2. The van der Waals surface area contributed by atoms with Gasteiger partial charge in [0.05, 0.1) is 5.92 Å². The Bertz CT molecular complexity index is 601. The van der Waals surface area contributed by atoms with Gasteiger partial charge in [-0.25, -0.2) is 4.98 Å². The van der Waals surface area contributed by atoms with Crippen molar-refractivity contribution in [3.63, 3.8) is 0 Å². The van der Waals surface area contributed by atoms with Gasteiger partial charge in [0.15, 0.2) is 0 Å². The molecule has 0 aliphatic carbocycles. The van der Waals surface area contributed by atoms with Crippen molar-refractivity contribution in [3.8, 4) is 0 Å². The zero-order valence-electron chi connectivity index (χ0n) is 10.4. The molecule has 2 N–H and O–H groups in total. The average molecular weight is 321 g/mol. The number of rotatable bonds is 4. The van der Waals surface area contributed by atoms with Crippen LogP contribution in [-0.2, 0) is 15.0 Å². The number of hydrogen-bond acceptors (Lipinski definition) is 5. The molecule has 1 fully saturated rings. The van der Waals surface area contributed by atoms with Crippen LogP contribution < -0.4 is 4.72 Å². The third-order valence-electron chi connectivity index (χ3n) is 3.00. The Hall–Kier alpha value is -1.45. The number of carboxylic acids is 1. The fourth-order valence-electron chi connectivity index (χ4n) is 1.93. The average Bonchev–Trinajstić information content (AvgIpc) is 2.38. The second-order valence-electron chi connectivity index (χ2n) is 4.33. The summed E-state index contributed by atoms with van der Waals surface area (Å²) in [6.07, 6.45) is 1.92. The van der Waals surface area contributed by atoms with Gasteiger partial charge in [0.25, 0.3) is 0 Å². The molecule has 110 valence electrons. The lowest BCUT2D eigenvalue weighted by molar-refractivity contribution is -0.142. The van der Waals surface area contributed by atoms with Gasteiger partial charge in [-0.3, -0.25) is 9.52 Å². The van der Waals surface area contributed by atoms with Crippen molar-refractivity contribution in [2.75, 3.05) is 17.8 Å². The Morgan fingerprint density at radius 1 is 1.45 bits per heavy atom. The van der Waals surface area contributed by atoms with Crippen LogP contribution in [0.1, 0.15) is 12.8 Å². The Balaban J connectivity index is 2.03. The van der Waals surface area contributed by atoms with E-state index in [1.54, 1.807) is 0 Å². The number of nitrogens with zero attached hydrogens (tertiary/aromatic N) is 3. The zero-order chi connectivity index (χ0) is 14.8. The monoisotopic (exact) mass is 320 g/mol. The van der Waals surface area contributed by atoms with Crippen LogP contribution in [0.4, 0.5) is 5.82 Å². The quantitative estimate of drug-likeness (QED) is 0.785. The molecular weight excluding hydrogens is 308 g/mol. The molecular formula is C10H13ClN4O4S. The summed E-state index contributed by atoms with van der Waals surface area (Å²) in [5.74, 6) is -1.31. The Labute approximate surface area is 121 Å². The fourth-order valence-corrected chi connectivity index (χ4v) is 3.28. The SMILES string of the molecule is O=C(O)C1CCN(S(=O)(=O)Nc2ccnc(Cl)n2)CC1. The molecule has 20 heavy (non-hydrogen) atoms. The van der Waals surface area contributed by atoms with Crippen LogP contribution in [-0.4, -0.2) is 46.9 Å². The normalized spacial score (nSPS) is 17.9. The topological polar surface area (TPSA) is 112 Å². The summed E-state index contributed by atoms with van der Waals surface area (Å²) in [5.41, 5.74) is 0. The molecule has 0 bridgehead atoms. The largest absolute Gasteiger partial charge is 0.481 e. The van der Waals surface area contributed by atoms with E-state index in [9.17, 15) is 13.2 Å². The summed E-state index contributed by atoms with van der Waals surface area (Å²) in [5, 5.41) is 8.82. The number of aromatic nitrogens is 2. The number of halogens is 1. The molecule has 1 saturated heterocycles. The summed E-state index contributed by atoms with van der Waals surface area (Å²) < 4.78 is 27.7.